The van der Waals surface area contributed by atoms with E-state index < -0.39 is 37.9 Å². The molecule has 0 saturated heterocycles. The minimum Gasteiger partial charge on any atom is -0.299 e. The number of nitro groups is 1. The molecule has 0 amide bonds. The fraction of sp³-hybridized carbons (Fsp3) is 0.357. The zero-order valence-corrected chi connectivity index (χ0v) is 13.0. The van der Waals surface area contributed by atoms with Gasteiger partial charge in [-0.25, -0.2) is 8.42 Å². The Labute approximate surface area is 131 Å². The van der Waals surface area contributed by atoms with E-state index in [1.54, 1.807) is 0 Å². The largest absolute Gasteiger partial charge is 0.299 e. The van der Waals surface area contributed by atoms with Crippen LogP contribution in [0.3, 0.4) is 0 Å². The zero-order valence-electron chi connectivity index (χ0n) is 12.1. The number of rotatable bonds is 4. The molecule has 1 saturated carbocycles. The van der Waals surface area contributed by atoms with Gasteiger partial charge in [-0.1, -0.05) is 0 Å². The molecule has 1 aliphatic rings. The topological polar surface area (TPSA) is 128 Å². The average molecular weight is 339 g/mol. The van der Waals surface area contributed by atoms with E-state index in [2.05, 4.69) is 0 Å². The molecule has 0 radical (unpaired) electrons. The predicted octanol–water partition coefficient (Wildman–Crippen LogP) is 1.12. The highest BCUT2D eigenvalue weighted by atomic mass is 32.2. The number of sulfone groups is 1. The van der Waals surface area contributed by atoms with Crippen molar-refractivity contribution >= 4 is 32.9 Å². The first-order valence-corrected chi connectivity index (χ1v) is 8.57. The van der Waals surface area contributed by atoms with Gasteiger partial charge >= 0.3 is 0 Å². The van der Waals surface area contributed by atoms with Crippen molar-refractivity contribution in [2.75, 3.05) is 6.26 Å². The maximum atomic E-state index is 12.4. The molecule has 0 spiro atoms. The summed E-state index contributed by atoms with van der Waals surface area (Å²) in [5.41, 5.74) is -0.988. The summed E-state index contributed by atoms with van der Waals surface area (Å²) in [4.78, 5) is 45.4. The van der Waals surface area contributed by atoms with Crippen molar-refractivity contribution in [3.63, 3.8) is 0 Å². The van der Waals surface area contributed by atoms with Crippen molar-refractivity contribution in [3.05, 3.63) is 33.9 Å². The smallest absolute Gasteiger partial charge is 0.281 e. The van der Waals surface area contributed by atoms with E-state index in [4.69, 9.17) is 0 Å². The van der Waals surface area contributed by atoms with Gasteiger partial charge in [-0.3, -0.25) is 24.5 Å². The molecule has 0 N–H and O–H groups in total. The lowest BCUT2D eigenvalue weighted by molar-refractivity contribution is -0.385. The highest BCUT2D eigenvalue weighted by molar-refractivity contribution is 7.90. The van der Waals surface area contributed by atoms with Crippen molar-refractivity contribution in [2.24, 2.45) is 5.92 Å². The summed E-state index contributed by atoms with van der Waals surface area (Å²) in [5, 5.41) is 11.1. The summed E-state index contributed by atoms with van der Waals surface area (Å²) in [7, 11) is -3.67. The van der Waals surface area contributed by atoms with Crippen molar-refractivity contribution in [2.45, 2.75) is 24.2 Å². The van der Waals surface area contributed by atoms with Crippen LogP contribution in [0.15, 0.2) is 23.1 Å². The Morgan fingerprint density at radius 2 is 1.96 bits per heavy atom. The van der Waals surface area contributed by atoms with Gasteiger partial charge in [0, 0.05) is 18.7 Å². The number of ketones is 3. The Morgan fingerprint density at radius 3 is 2.48 bits per heavy atom. The number of nitrogens with zero attached hydrogens (tertiary/aromatic N) is 1. The maximum absolute atomic E-state index is 12.4. The molecular formula is C14H13NO7S. The second-order valence-corrected chi connectivity index (χ2v) is 7.36. The normalized spacial score (nSPS) is 18.7. The fourth-order valence-electron chi connectivity index (χ4n) is 2.44. The van der Waals surface area contributed by atoms with E-state index in [1.807, 2.05) is 0 Å². The highest BCUT2D eigenvalue weighted by Crippen LogP contribution is 2.29. The second-order valence-electron chi connectivity index (χ2n) is 5.35. The van der Waals surface area contributed by atoms with Crippen LogP contribution in [-0.4, -0.2) is 36.9 Å². The first kappa shape index (κ1) is 16.9. The molecule has 8 nitrogen and oxygen atoms in total. The van der Waals surface area contributed by atoms with Gasteiger partial charge in [0.25, 0.3) is 5.69 Å². The van der Waals surface area contributed by atoms with Crippen LogP contribution < -0.4 is 0 Å². The lowest BCUT2D eigenvalue weighted by Gasteiger charge is -2.18. The Balaban J connectivity index is 2.46. The summed E-state index contributed by atoms with van der Waals surface area (Å²) >= 11 is 0. The van der Waals surface area contributed by atoms with E-state index >= 15 is 0 Å². The summed E-state index contributed by atoms with van der Waals surface area (Å²) in [5.74, 6) is -2.68. The molecular weight excluding hydrogens is 326 g/mol. The number of nitro benzene ring substituents is 1. The van der Waals surface area contributed by atoms with Crippen LogP contribution in [0.1, 0.15) is 29.6 Å². The molecule has 1 aliphatic carbocycles. The van der Waals surface area contributed by atoms with Crippen LogP contribution in [-0.2, 0) is 19.4 Å². The van der Waals surface area contributed by atoms with Crippen molar-refractivity contribution in [1.29, 1.82) is 0 Å². The van der Waals surface area contributed by atoms with Crippen molar-refractivity contribution in [3.8, 4) is 0 Å². The van der Waals surface area contributed by atoms with E-state index in [0.717, 1.165) is 24.5 Å². The lowest BCUT2D eigenvalue weighted by Crippen LogP contribution is -2.31. The summed E-state index contributed by atoms with van der Waals surface area (Å²) < 4.78 is 23.0. The van der Waals surface area contributed by atoms with Crippen molar-refractivity contribution < 1.29 is 27.7 Å². The molecule has 0 bridgehead atoms. The fourth-order valence-corrected chi connectivity index (χ4v) is 3.08. The molecule has 1 fully saturated rings. The molecule has 0 heterocycles. The van der Waals surface area contributed by atoms with Gasteiger partial charge < -0.3 is 0 Å². The van der Waals surface area contributed by atoms with Gasteiger partial charge in [0.05, 0.1) is 27.7 Å². The van der Waals surface area contributed by atoms with Crippen molar-refractivity contribution in [1.82, 2.24) is 0 Å². The summed E-state index contributed by atoms with van der Waals surface area (Å²) in [6.45, 7) is 0. The van der Waals surface area contributed by atoms with Crippen LogP contribution in [0.25, 0.3) is 0 Å². The molecule has 23 heavy (non-hydrogen) atoms. The Bertz CT molecular complexity index is 826. The number of carbonyl (C=O) groups excluding carboxylic acids is 3. The first-order chi connectivity index (χ1) is 10.6. The van der Waals surface area contributed by atoms with Gasteiger partial charge in [-0.05, 0) is 18.6 Å². The number of hydrogen-bond donors (Lipinski definition) is 0. The van der Waals surface area contributed by atoms with E-state index in [-0.39, 0.29) is 35.5 Å². The molecule has 0 aromatic heterocycles. The number of hydrogen-bond acceptors (Lipinski definition) is 7. The SMILES string of the molecule is CS(=O)(=O)c1ccc(C(=O)C2CCC(=O)CC2=O)c([N+](=O)[O-])c1. The Kier molecular flexibility index (Phi) is 4.42. The molecule has 1 aromatic carbocycles. The van der Waals surface area contributed by atoms with E-state index in [9.17, 15) is 32.9 Å². The molecule has 0 aliphatic heterocycles. The van der Waals surface area contributed by atoms with Gasteiger partial charge in [-0.2, -0.15) is 0 Å². The van der Waals surface area contributed by atoms with Crippen LogP contribution in [0.5, 0.6) is 0 Å². The third-order valence-corrected chi connectivity index (χ3v) is 4.76. The average Bonchev–Trinajstić information content (AvgIpc) is 2.45. The van der Waals surface area contributed by atoms with Gasteiger partial charge in [-0.15, -0.1) is 0 Å². The molecule has 1 aromatic rings. The number of carbonyl (C=O) groups is 3. The molecule has 9 heteroatoms. The third kappa shape index (κ3) is 3.50. The predicted molar refractivity (Wildman–Crippen MR) is 77.9 cm³/mol. The summed E-state index contributed by atoms with van der Waals surface area (Å²) in [6.07, 6.45) is 0.619. The standard InChI is InChI=1S/C14H13NO7S/c1-23(21,22)9-3-5-10(12(7-9)15(19)20)14(18)11-4-2-8(16)6-13(11)17/h3,5,7,11H,2,4,6H2,1H3. The van der Waals surface area contributed by atoms with E-state index in [0.29, 0.717) is 0 Å². The number of Topliss-reactive ketones (excluding diaryl/α,β-unsaturated/α-hetero) is 3. The zero-order chi connectivity index (χ0) is 17.4. The van der Waals surface area contributed by atoms with Crippen LogP contribution in [0.2, 0.25) is 0 Å². The quantitative estimate of drug-likeness (QED) is 0.348. The van der Waals surface area contributed by atoms with Gasteiger partial charge in [0.15, 0.2) is 21.4 Å². The highest BCUT2D eigenvalue weighted by Gasteiger charge is 2.36. The van der Waals surface area contributed by atoms with Crippen LogP contribution in [0, 0.1) is 16.0 Å². The lowest BCUT2D eigenvalue weighted by atomic mass is 9.82. The van der Waals surface area contributed by atoms with Gasteiger partial charge in [0.2, 0.25) is 0 Å². The minimum atomic E-state index is -3.67. The van der Waals surface area contributed by atoms with Gasteiger partial charge in [0.1, 0.15) is 5.78 Å². The minimum absolute atomic E-state index is 0.0154. The monoisotopic (exact) mass is 339 g/mol. The summed E-state index contributed by atoms with van der Waals surface area (Å²) in [6, 6.07) is 2.94. The number of benzene rings is 1. The van der Waals surface area contributed by atoms with E-state index in [1.165, 1.54) is 0 Å². The second kappa shape index (κ2) is 5.99. The Morgan fingerprint density at radius 1 is 1.30 bits per heavy atom. The molecule has 122 valence electrons. The molecule has 1 unspecified atom stereocenters. The van der Waals surface area contributed by atoms with Crippen LogP contribution in [0.4, 0.5) is 5.69 Å². The Hall–Kier alpha value is -2.42. The molecule has 2 rings (SSSR count). The molecule has 1 atom stereocenters. The first-order valence-electron chi connectivity index (χ1n) is 6.68. The van der Waals surface area contributed by atoms with Crippen LogP contribution >= 0.6 is 0 Å². The maximum Gasteiger partial charge on any atom is 0.281 e. The third-order valence-electron chi connectivity index (χ3n) is 3.65.